The molecule has 2 heterocycles. The van der Waals surface area contributed by atoms with Crippen LogP contribution < -0.4 is 5.32 Å². The molecule has 0 aromatic carbocycles. The number of hydrogen-bond acceptors (Lipinski definition) is 4. The molecule has 0 spiro atoms. The molecule has 5 heteroatoms. The lowest BCUT2D eigenvalue weighted by molar-refractivity contribution is -0.138. The predicted octanol–water partition coefficient (Wildman–Crippen LogP) is 0.112. The fourth-order valence-corrected chi connectivity index (χ4v) is 2.28. The first-order valence-electron chi connectivity index (χ1n) is 5.71. The van der Waals surface area contributed by atoms with Gasteiger partial charge in [0.1, 0.15) is 0 Å². The van der Waals surface area contributed by atoms with Crippen LogP contribution >= 0.6 is 0 Å². The SMILES string of the molecule is CCCCCC(=O)[C@@]12O[C@H]1C(C)(O)NC2=O. The number of unbranched alkanes of at least 4 members (excludes halogenated alkanes) is 2. The highest BCUT2D eigenvalue weighted by Crippen LogP contribution is 2.49. The number of Topliss-reactive ketones (excluding diaryl/α,β-unsaturated/α-hetero) is 1. The number of fused-ring (bicyclic) bond motifs is 1. The largest absolute Gasteiger partial charge is 0.368 e. The summed E-state index contributed by atoms with van der Waals surface area (Å²) in [6, 6.07) is 0. The molecule has 2 N–H and O–H groups in total. The monoisotopic (exact) mass is 227 g/mol. The maximum atomic E-state index is 11.9. The van der Waals surface area contributed by atoms with Crippen LogP contribution in [0.1, 0.15) is 39.5 Å². The van der Waals surface area contributed by atoms with E-state index in [9.17, 15) is 14.7 Å². The normalized spacial score (nSPS) is 40.4. The van der Waals surface area contributed by atoms with Crippen LogP contribution in [0.15, 0.2) is 0 Å². The van der Waals surface area contributed by atoms with Gasteiger partial charge in [0, 0.05) is 6.42 Å². The number of rotatable bonds is 5. The molecule has 0 aromatic heterocycles. The van der Waals surface area contributed by atoms with Gasteiger partial charge in [-0.2, -0.15) is 0 Å². The van der Waals surface area contributed by atoms with Crippen molar-refractivity contribution in [3.63, 3.8) is 0 Å². The Labute approximate surface area is 94.2 Å². The molecule has 2 rings (SSSR count). The minimum absolute atomic E-state index is 0.207. The van der Waals surface area contributed by atoms with Gasteiger partial charge in [-0.25, -0.2) is 0 Å². The number of carbonyl (C=O) groups is 2. The van der Waals surface area contributed by atoms with Crippen molar-refractivity contribution in [3.8, 4) is 0 Å². The zero-order chi connectivity index (χ0) is 12.0. The van der Waals surface area contributed by atoms with E-state index in [1.807, 2.05) is 6.92 Å². The van der Waals surface area contributed by atoms with E-state index in [0.717, 1.165) is 19.3 Å². The first-order chi connectivity index (χ1) is 7.45. The molecule has 2 aliphatic heterocycles. The molecule has 2 aliphatic rings. The van der Waals surface area contributed by atoms with E-state index in [0.29, 0.717) is 6.42 Å². The van der Waals surface area contributed by atoms with Gasteiger partial charge in [-0.05, 0) is 13.3 Å². The second kappa shape index (κ2) is 3.53. The van der Waals surface area contributed by atoms with Crippen LogP contribution in [0.4, 0.5) is 0 Å². The number of morpholine rings is 1. The van der Waals surface area contributed by atoms with Gasteiger partial charge in [-0.15, -0.1) is 0 Å². The van der Waals surface area contributed by atoms with Crippen molar-refractivity contribution < 1.29 is 19.4 Å². The van der Waals surface area contributed by atoms with E-state index in [-0.39, 0.29) is 5.78 Å². The smallest absolute Gasteiger partial charge is 0.265 e. The van der Waals surface area contributed by atoms with Gasteiger partial charge in [-0.1, -0.05) is 19.8 Å². The van der Waals surface area contributed by atoms with Crippen molar-refractivity contribution in [2.24, 2.45) is 0 Å². The molecule has 0 radical (unpaired) electrons. The molecule has 2 fully saturated rings. The third kappa shape index (κ3) is 1.46. The van der Waals surface area contributed by atoms with E-state index in [1.165, 1.54) is 6.92 Å². The van der Waals surface area contributed by atoms with E-state index < -0.39 is 23.3 Å². The first-order valence-corrected chi connectivity index (χ1v) is 5.71. The summed E-state index contributed by atoms with van der Waals surface area (Å²) in [6.45, 7) is 3.50. The molecule has 0 bridgehead atoms. The van der Waals surface area contributed by atoms with Gasteiger partial charge in [0.2, 0.25) is 5.60 Å². The Bertz CT molecular complexity index is 339. The minimum Gasteiger partial charge on any atom is -0.368 e. The van der Waals surface area contributed by atoms with Gasteiger partial charge in [0.15, 0.2) is 17.6 Å². The summed E-state index contributed by atoms with van der Waals surface area (Å²) in [7, 11) is 0. The van der Waals surface area contributed by atoms with Crippen molar-refractivity contribution in [1.82, 2.24) is 5.32 Å². The molecule has 0 aromatic rings. The lowest BCUT2D eigenvalue weighted by atomic mass is 9.95. The lowest BCUT2D eigenvalue weighted by Gasteiger charge is -2.16. The second-order valence-corrected chi connectivity index (χ2v) is 4.72. The number of carbonyl (C=O) groups excluding carboxylic acids is 2. The molecule has 0 saturated carbocycles. The van der Waals surface area contributed by atoms with E-state index >= 15 is 0 Å². The summed E-state index contributed by atoms with van der Waals surface area (Å²) < 4.78 is 5.15. The topological polar surface area (TPSA) is 78.9 Å². The van der Waals surface area contributed by atoms with E-state index in [1.54, 1.807) is 0 Å². The van der Waals surface area contributed by atoms with Gasteiger partial charge >= 0.3 is 0 Å². The number of amides is 1. The molecule has 5 nitrogen and oxygen atoms in total. The maximum Gasteiger partial charge on any atom is 0.265 e. The van der Waals surface area contributed by atoms with Gasteiger partial charge in [0.25, 0.3) is 5.91 Å². The number of ether oxygens (including phenoxy) is 1. The fraction of sp³-hybridized carbons (Fsp3) is 0.818. The Kier molecular flexibility index (Phi) is 2.55. The molecule has 2 saturated heterocycles. The molecule has 0 aliphatic carbocycles. The molecular weight excluding hydrogens is 210 g/mol. The van der Waals surface area contributed by atoms with Crippen LogP contribution in [0.3, 0.4) is 0 Å². The van der Waals surface area contributed by atoms with Crippen molar-refractivity contribution in [2.75, 3.05) is 0 Å². The summed E-state index contributed by atoms with van der Waals surface area (Å²) in [5.41, 5.74) is -2.78. The third-order valence-corrected chi connectivity index (χ3v) is 3.25. The number of hydrogen-bond donors (Lipinski definition) is 2. The van der Waals surface area contributed by atoms with Crippen LogP contribution in [0.5, 0.6) is 0 Å². The van der Waals surface area contributed by atoms with Crippen LogP contribution in [0.2, 0.25) is 0 Å². The second-order valence-electron chi connectivity index (χ2n) is 4.72. The van der Waals surface area contributed by atoms with Crippen molar-refractivity contribution in [2.45, 2.75) is 57.0 Å². The van der Waals surface area contributed by atoms with Crippen LogP contribution in [0, 0.1) is 0 Å². The molecule has 3 atom stereocenters. The van der Waals surface area contributed by atoms with Crippen molar-refractivity contribution in [3.05, 3.63) is 0 Å². The highest BCUT2D eigenvalue weighted by atomic mass is 16.6. The molecular formula is C11H17NO4. The Morgan fingerprint density at radius 3 is 2.69 bits per heavy atom. The molecule has 90 valence electrons. The molecule has 1 amide bonds. The average Bonchev–Trinajstić information content (AvgIpc) is 2.89. The zero-order valence-corrected chi connectivity index (χ0v) is 9.58. The van der Waals surface area contributed by atoms with E-state index in [4.69, 9.17) is 4.74 Å². The highest BCUT2D eigenvalue weighted by Gasteiger charge is 2.78. The quantitative estimate of drug-likeness (QED) is 0.397. The Morgan fingerprint density at radius 2 is 2.25 bits per heavy atom. The van der Waals surface area contributed by atoms with Crippen LogP contribution in [0.25, 0.3) is 0 Å². The average molecular weight is 227 g/mol. The number of epoxide rings is 1. The third-order valence-electron chi connectivity index (χ3n) is 3.25. The lowest BCUT2D eigenvalue weighted by Crippen LogP contribution is -2.45. The number of ketones is 1. The van der Waals surface area contributed by atoms with Crippen LogP contribution in [-0.2, 0) is 14.3 Å². The first kappa shape index (κ1) is 11.5. The summed E-state index contributed by atoms with van der Waals surface area (Å²) >= 11 is 0. The minimum atomic E-state index is -1.41. The zero-order valence-electron chi connectivity index (χ0n) is 9.58. The summed E-state index contributed by atoms with van der Waals surface area (Å²) in [6.07, 6.45) is 2.39. The highest BCUT2D eigenvalue weighted by molar-refractivity contribution is 6.15. The van der Waals surface area contributed by atoms with Crippen molar-refractivity contribution >= 4 is 11.7 Å². The van der Waals surface area contributed by atoms with Gasteiger partial charge < -0.3 is 15.2 Å². The summed E-state index contributed by atoms with van der Waals surface area (Å²) in [5.74, 6) is -0.703. The Hall–Kier alpha value is -0.940. The summed E-state index contributed by atoms with van der Waals surface area (Å²) in [4.78, 5) is 23.5. The standard InChI is InChI=1S/C11H17NO4/c1-3-4-5-6-7(13)11-8(16-11)10(2,15)12-9(11)14/h8,15H,3-6H2,1-2H3,(H,12,14)/t8-,10?,11+/m0/s1. The number of aliphatic hydroxyl groups is 1. The fourth-order valence-electron chi connectivity index (χ4n) is 2.28. The van der Waals surface area contributed by atoms with Gasteiger partial charge in [0.05, 0.1) is 0 Å². The van der Waals surface area contributed by atoms with Crippen molar-refractivity contribution in [1.29, 1.82) is 0 Å². The summed E-state index contributed by atoms with van der Waals surface area (Å²) in [5, 5.41) is 12.1. The van der Waals surface area contributed by atoms with Gasteiger partial charge in [-0.3, -0.25) is 9.59 Å². The maximum absolute atomic E-state index is 11.9. The number of nitrogens with one attached hydrogen (secondary N) is 1. The predicted molar refractivity (Wildman–Crippen MR) is 55.5 cm³/mol. The Balaban J connectivity index is 2.01. The van der Waals surface area contributed by atoms with E-state index in [2.05, 4.69) is 5.32 Å². The Morgan fingerprint density at radius 1 is 1.56 bits per heavy atom. The molecule has 1 unspecified atom stereocenters. The van der Waals surface area contributed by atoms with Crippen LogP contribution in [-0.4, -0.2) is 34.2 Å². The molecule has 16 heavy (non-hydrogen) atoms.